The van der Waals surface area contributed by atoms with Crippen molar-refractivity contribution in [3.05, 3.63) is 28.8 Å². The quantitative estimate of drug-likeness (QED) is 0.842. The van der Waals surface area contributed by atoms with Gasteiger partial charge in [-0.2, -0.15) is 0 Å². The van der Waals surface area contributed by atoms with E-state index in [0.717, 1.165) is 25.9 Å². The number of nitrogens with one attached hydrogen (secondary N) is 1. The van der Waals surface area contributed by atoms with Crippen molar-refractivity contribution >= 4 is 23.2 Å². The summed E-state index contributed by atoms with van der Waals surface area (Å²) in [5, 5.41) is 3.38. The normalized spacial score (nSPS) is 18.8. The van der Waals surface area contributed by atoms with Crippen molar-refractivity contribution in [1.29, 1.82) is 0 Å². The summed E-state index contributed by atoms with van der Waals surface area (Å²) < 4.78 is 0. The maximum atomic E-state index is 12.2. The highest BCUT2D eigenvalue weighted by atomic mass is 35.5. The first-order chi connectivity index (χ1) is 9.41. The molecule has 1 aliphatic heterocycles. The van der Waals surface area contributed by atoms with Gasteiger partial charge in [0.25, 0.3) is 5.91 Å². The lowest BCUT2D eigenvalue weighted by atomic mass is 9.80. The number of nitrogen functional groups attached to an aromatic ring is 1. The fourth-order valence-corrected chi connectivity index (χ4v) is 2.77. The van der Waals surface area contributed by atoms with Gasteiger partial charge in [0.2, 0.25) is 0 Å². The number of nitrogens with zero attached hydrogens (tertiary/aromatic N) is 1. The van der Waals surface area contributed by atoms with Crippen molar-refractivity contribution in [2.75, 3.05) is 32.4 Å². The van der Waals surface area contributed by atoms with Crippen LogP contribution in [0.5, 0.6) is 0 Å². The molecular formula is C15H22ClN3O. The maximum Gasteiger partial charge on any atom is 0.254 e. The Labute approximate surface area is 125 Å². The van der Waals surface area contributed by atoms with Crippen LogP contribution < -0.4 is 11.1 Å². The molecule has 0 spiro atoms. The van der Waals surface area contributed by atoms with Gasteiger partial charge in [0, 0.05) is 12.2 Å². The number of benzene rings is 1. The zero-order valence-electron chi connectivity index (χ0n) is 12.1. The second kappa shape index (κ2) is 6.02. The number of hydrogen-bond donors (Lipinski definition) is 2. The Balaban J connectivity index is 1.99. The van der Waals surface area contributed by atoms with Crippen molar-refractivity contribution < 1.29 is 4.79 Å². The van der Waals surface area contributed by atoms with Crippen LogP contribution in [0.15, 0.2) is 18.2 Å². The molecule has 4 nitrogen and oxygen atoms in total. The van der Waals surface area contributed by atoms with E-state index in [4.69, 9.17) is 17.3 Å². The van der Waals surface area contributed by atoms with E-state index in [1.807, 2.05) is 0 Å². The molecule has 1 fully saturated rings. The SMILES string of the molecule is CN1CCC(C)(CNC(=O)c2c(N)cccc2Cl)CC1. The number of rotatable bonds is 3. The number of halogens is 1. The Kier molecular flexibility index (Phi) is 4.55. The lowest BCUT2D eigenvalue weighted by molar-refractivity contribution is 0.0892. The minimum atomic E-state index is -0.187. The lowest BCUT2D eigenvalue weighted by Crippen LogP contribution is -2.43. The number of amides is 1. The van der Waals surface area contributed by atoms with Gasteiger partial charge in [-0.1, -0.05) is 24.6 Å². The van der Waals surface area contributed by atoms with Gasteiger partial charge < -0.3 is 16.0 Å². The van der Waals surface area contributed by atoms with Crippen LogP contribution in [0.3, 0.4) is 0 Å². The van der Waals surface area contributed by atoms with Crippen LogP contribution in [-0.4, -0.2) is 37.5 Å². The predicted molar refractivity (Wildman–Crippen MR) is 83.0 cm³/mol. The van der Waals surface area contributed by atoms with Gasteiger partial charge in [-0.15, -0.1) is 0 Å². The molecule has 5 heteroatoms. The smallest absolute Gasteiger partial charge is 0.254 e. The van der Waals surface area contributed by atoms with E-state index in [1.165, 1.54) is 0 Å². The first kappa shape index (κ1) is 15.1. The van der Waals surface area contributed by atoms with Crippen molar-refractivity contribution in [3.63, 3.8) is 0 Å². The van der Waals surface area contributed by atoms with Crippen LogP contribution in [0.2, 0.25) is 5.02 Å². The summed E-state index contributed by atoms with van der Waals surface area (Å²) in [6.07, 6.45) is 2.17. The summed E-state index contributed by atoms with van der Waals surface area (Å²) in [5.41, 5.74) is 6.78. The molecule has 1 saturated heterocycles. The standard InChI is InChI=1S/C15H22ClN3O/c1-15(6-8-19(2)9-7-15)10-18-14(20)13-11(16)4-3-5-12(13)17/h3-5H,6-10,17H2,1-2H3,(H,18,20). The Morgan fingerprint density at radius 3 is 2.70 bits per heavy atom. The largest absolute Gasteiger partial charge is 0.398 e. The molecule has 1 aromatic carbocycles. The minimum absolute atomic E-state index is 0.151. The van der Waals surface area contributed by atoms with Gasteiger partial charge in [-0.3, -0.25) is 4.79 Å². The van der Waals surface area contributed by atoms with Crippen LogP contribution in [0.4, 0.5) is 5.69 Å². The highest BCUT2D eigenvalue weighted by Crippen LogP contribution is 2.30. The number of anilines is 1. The third-order valence-corrected chi connectivity index (χ3v) is 4.46. The third-order valence-electron chi connectivity index (χ3n) is 4.14. The topological polar surface area (TPSA) is 58.4 Å². The fraction of sp³-hybridized carbons (Fsp3) is 0.533. The molecule has 1 aliphatic rings. The average molecular weight is 296 g/mol. The van der Waals surface area contributed by atoms with E-state index < -0.39 is 0 Å². The summed E-state index contributed by atoms with van der Waals surface area (Å²) >= 11 is 6.05. The zero-order chi connectivity index (χ0) is 14.8. The van der Waals surface area contributed by atoms with Gasteiger partial charge >= 0.3 is 0 Å². The molecule has 0 unspecified atom stereocenters. The first-order valence-corrected chi connectivity index (χ1v) is 7.30. The second-order valence-electron chi connectivity index (χ2n) is 6.00. The molecule has 110 valence electrons. The fourth-order valence-electron chi connectivity index (χ4n) is 2.50. The molecule has 0 radical (unpaired) electrons. The van der Waals surface area contributed by atoms with Gasteiger partial charge in [0.15, 0.2) is 0 Å². The van der Waals surface area contributed by atoms with E-state index in [9.17, 15) is 4.79 Å². The number of carbonyl (C=O) groups excluding carboxylic acids is 1. The molecule has 1 aromatic rings. The van der Waals surface area contributed by atoms with Crippen LogP contribution in [-0.2, 0) is 0 Å². The minimum Gasteiger partial charge on any atom is -0.398 e. The van der Waals surface area contributed by atoms with Crippen LogP contribution in [0, 0.1) is 5.41 Å². The maximum absolute atomic E-state index is 12.2. The molecule has 20 heavy (non-hydrogen) atoms. The molecule has 0 atom stereocenters. The van der Waals surface area contributed by atoms with E-state index in [2.05, 4.69) is 24.2 Å². The first-order valence-electron chi connectivity index (χ1n) is 6.92. The molecule has 0 aliphatic carbocycles. The summed E-state index contributed by atoms with van der Waals surface area (Å²) in [4.78, 5) is 14.6. The van der Waals surface area contributed by atoms with Crippen LogP contribution in [0.25, 0.3) is 0 Å². The molecule has 0 saturated carbocycles. The van der Waals surface area contributed by atoms with E-state index in [-0.39, 0.29) is 11.3 Å². The third kappa shape index (κ3) is 3.44. The predicted octanol–water partition coefficient (Wildman–Crippen LogP) is 2.38. The molecular weight excluding hydrogens is 274 g/mol. The second-order valence-corrected chi connectivity index (χ2v) is 6.41. The molecule has 0 bridgehead atoms. The summed E-state index contributed by atoms with van der Waals surface area (Å²) in [5.74, 6) is -0.187. The molecule has 0 aromatic heterocycles. The summed E-state index contributed by atoms with van der Waals surface area (Å²) in [6.45, 7) is 5.02. The van der Waals surface area contributed by atoms with Crippen LogP contribution in [0.1, 0.15) is 30.1 Å². The monoisotopic (exact) mass is 295 g/mol. The van der Waals surface area contributed by atoms with Gasteiger partial charge in [0.05, 0.1) is 10.6 Å². The van der Waals surface area contributed by atoms with E-state index in [1.54, 1.807) is 18.2 Å². The number of carbonyl (C=O) groups is 1. The summed E-state index contributed by atoms with van der Waals surface area (Å²) in [6, 6.07) is 5.12. The van der Waals surface area contributed by atoms with Crippen molar-refractivity contribution in [3.8, 4) is 0 Å². The molecule has 1 heterocycles. The molecule has 1 amide bonds. The van der Waals surface area contributed by atoms with Gasteiger partial charge in [0.1, 0.15) is 0 Å². The van der Waals surface area contributed by atoms with E-state index in [0.29, 0.717) is 22.8 Å². The average Bonchev–Trinajstić information content (AvgIpc) is 2.40. The number of nitrogens with two attached hydrogens (primary N) is 1. The Morgan fingerprint density at radius 1 is 1.45 bits per heavy atom. The Morgan fingerprint density at radius 2 is 2.10 bits per heavy atom. The Bertz CT molecular complexity index is 476. The van der Waals surface area contributed by atoms with Crippen molar-refractivity contribution in [2.24, 2.45) is 5.41 Å². The molecule has 2 rings (SSSR count). The van der Waals surface area contributed by atoms with Crippen molar-refractivity contribution in [1.82, 2.24) is 10.2 Å². The Hall–Kier alpha value is -1.26. The summed E-state index contributed by atoms with van der Waals surface area (Å²) in [7, 11) is 2.13. The zero-order valence-corrected chi connectivity index (χ0v) is 12.8. The number of likely N-dealkylation sites (tertiary alicyclic amines) is 1. The number of hydrogen-bond acceptors (Lipinski definition) is 3. The molecule has 3 N–H and O–H groups in total. The number of piperidine rings is 1. The lowest BCUT2D eigenvalue weighted by Gasteiger charge is -2.38. The van der Waals surface area contributed by atoms with Gasteiger partial charge in [-0.05, 0) is 50.5 Å². The van der Waals surface area contributed by atoms with Gasteiger partial charge in [-0.25, -0.2) is 0 Å². The van der Waals surface area contributed by atoms with Crippen molar-refractivity contribution in [2.45, 2.75) is 19.8 Å². The highest BCUT2D eigenvalue weighted by molar-refractivity contribution is 6.34. The highest BCUT2D eigenvalue weighted by Gasteiger charge is 2.29. The van der Waals surface area contributed by atoms with E-state index >= 15 is 0 Å². The van der Waals surface area contributed by atoms with Crippen LogP contribution >= 0.6 is 11.6 Å².